The van der Waals surface area contributed by atoms with Gasteiger partial charge in [-0.2, -0.15) is 0 Å². The number of carbonyl (C=O) groups is 4. The van der Waals surface area contributed by atoms with E-state index in [0.29, 0.717) is 34.7 Å². The van der Waals surface area contributed by atoms with Gasteiger partial charge in [0.15, 0.2) is 11.5 Å². The zero-order valence-electron chi connectivity index (χ0n) is 30.2. The van der Waals surface area contributed by atoms with Crippen LogP contribution in [0.5, 0.6) is 23.0 Å². The fourth-order valence-electron chi connectivity index (χ4n) is 9.40. The number of methoxy groups -OCH3 is 2. The molecule has 4 aliphatic rings. The zero-order chi connectivity index (χ0) is 38.6. The Bertz CT molecular complexity index is 2250. The minimum Gasteiger partial charge on any atom is -0.508 e. The van der Waals surface area contributed by atoms with E-state index in [1.165, 1.54) is 24.0 Å². The predicted octanol–water partition coefficient (Wildman–Crippen LogP) is 6.72. The summed E-state index contributed by atoms with van der Waals surface area (Å²) >= 11 is 6.41. The maximum Gasteiger partial charge on any atom is 0.246 e. The second kappa shape index (κ2) is 14.1. The van der Waals surface area contributed by atoms with Gasteiger partial charge < -0.3 is 19.7 Å². The van der Waals surface area contributed by atoms with Gasteiger partial charge in [0.1, 0.15) is 5.75 Å². The molecule has 1 saturated carbocycles. The van der Waals surface area contributed by atoms with Crippen LogP contribution in [0.4, 0.5) is 5.69 Å². The van der Waals surface area contributed by atoms with Gasteiger partial charge in [-0.3, -0.25) is 24.1 Å². The molecule has 4 aromatic rings. The number of likely N-dealkylation sites (tertiary alicyclic amines) is 1. The van der Waals surface area contributed by atoms with E-state index < -0.39 is 46.8 Å². The van der Waals surface area contributed by atoms with E-state index in [0.717, 1.165) is 11.1 Å². The summed E-state index contributed by atoms with van der Waals surface area (Å²) in [6.07, 6.45) is 6.64. The highest BCUT2D eigenvalue weighted by atomic mass is 35.5. The molecule has 8 rings (SSSR count). The van der Waals surface area contributed by atoms with Crippen molar-refractivity contribution in [2.45, 2.75) is 24.7 Å². The number of nitrogens with zero attached hydrogens (tertiary/aromatic N) is 2. The number of allylic oxidation sites excluding steroid dienone is 3. The predicted molar refractivity (Wildman–Crippen MR) is 206 cm³/mol. The zero-order valence-corrected chi connectivity index (χ0v) is 31.0. The van der Waals surface area contributed by atoms with Crippen molar-refractivity contribution in [3.05, 3.63) is 130 Å². The standard InChI is InChI=1S/C44H39ClN2O8/c1-54-36-21-26(22-37(55-2)39(36)49)13-18-34-31-16-17-32-38(42(52)46(40(32)50)20-19-25-11-14-30(48)15-12-25)33(31)24-35-41(51)47(29-10-6-9-28(45)23-29)43(53)44(34,35)27-7-4-3-5-8-27/h3-16,18,21-23,32-35,38,48-49H,17,19-20,24H2,1-2H3/t32-,33+,34-,35-,38-,44-/m0/s1. The number of ether oxygens (including phenoxy) is 2. The van der Waals surface area contributed by atoms with Crippen LogP contribution >= 0.6 is 11.6 Å². The van der Waals surface area contributed by atoms with Crippen LogP contribution in [0.2, 0.25) is 5.02 Å². The van der Waals surface area contributed by atoms with Crippen LogP contribution in [-0.4, -0.2) is 59.5 Å². The van der Waals surface area contributed by atoms with E-state index in [-0.39, 0.29) is 47.8 Å². The van der Waals surface area contributed by atoms with Crippen LogP contribution in [0, 0.1) is 29.6 Å². The Hall–Kier alpha value is -5.87. The summed E-state index contributed by atoms with van der Waals surface area (Å²) in [4.78, 5) is 61.2. The third-order valence-corrected chi connectivity index (χ3v) is 12.1. The second-order valence-electron chi connectivity index (χ2n) is 14.5. The Labute approximate surface area is 323 Å². The number of hydrogen-bond donors (Lipinski definition) is 2. The van der Waals surface area contributed by atoms with Gasteiger partial charge >= 0.3 is 0 Å². The number of phenolic OH excluding ortho intramolecular Hbond substituents is 2. The number of carbonyl (C=O) groups excluding carboxylic acids is 4. The van der Waals surface area contributed by atoms with Gasteiger partial charge in [-0.05, 0) is 84.3 Å². The normalized spacial score (nSPS) is 25.9. The Morgan fingerprint density at radius 2 is 1.55 bits per heavy atom. The average Bonchev–Trinajstić information content (AvgIpc) is 3.58. The SMILES string of the molecule is COc1cc(C=C[C@H]2C3=CC[C@@H]4C(=O)N(CCc5ccc(O)cc5)C(=O)[C@@H]4[C@@H]3C[C@H]3C(=O)N(c4cccc(Cl)c4)C(=O)[C@@]23c2ccccc2)cc(OC)c1O. The summed E-state index contributed by atoms with van der Waals surface area (Å²) < 4.78 is 10.8. The lowest BCUT2D eigenvalue weighted by Gasteiger charge is -2.49. The Kier molecular flexibility index (Phi) is 9.25. The second-order valence-corrected chi connectivity index (χ2v) is 15.0. The first-order chi connectivity index (χ1) is 26.6. The number of benzene rings is 4. The molecule has 2 aliphatic heterocycles. The van der Waals surface area contributed by atoms with E-state index in [9.17, 15) is 24.6 Å². The lowest BCUT2D eigenvalue weighted by atomic mass is 9.50. The minimum atomic E-state index is -1.42. The number of imide groups is 2. The molecule has 10 nitrogen and oxygen atoms in total. The molecule has 3 fully saturated rings. The molecule has 2 aliphatic carbocycles. The summed E-state index contributed by atoms with van der Waals surface area (Å²) in [5.74, 6) is -4.41. The number of fused-ring (bicyclic) bond motifs is 4. The molecule has 0 spiro atoms. The van der Waals surface area contributed by atoms with Crippen molar-refractivity contribution >= 4 is 47.0 Å². The number of hydrogen-bond acceptors (Lipinski definition) is 8. The Morgan fingerprint density at radius 1 is 0.836 bits per heavy atom. The van der Waals surface area contributed by atoms with Crippen molar-refractivity contribution in [1.29, 1.82) is 0 Å². The Morgan fingerprint density at radius 3 is 2.22 bits per heavy atom. The summed E-state index contributed by atoms with van der Waals surface area (Å²) in [6, 6.07) is 25.9. The van der Waals surface area contributed by atoms with Crippen LogP contribution in [0.1, 0.15) is 29.5 Å². The van der Waals surface area contributed by atoms with Crippen molar-refractivity contribution < 1.29 is 38.9 Å². The minimum absolute atomic E-state index is 0.131. The van der Waals surface area contributed by atoms with E-state index in [2.05, 4.69) is 0 Å². The first kappa shape index (κ1) is 36.1. The molecular weight excluding hydrogens is 720 g/mol. The molecule has 2 heterocycles. The maximum absolute atomic E-state index is 15.3. The lowest BCUT2D eigenvalue weighted by Crippen LogP contribution is -2.54. The molecule has 2 saturated heterocycles. The molecule has 4 aromatic carbocycles. The molecule has 2 N–H and O–H groups in total. The van der Waals surface area contributed by atoms with E-state index in [4.69, 9.17) is 21.1 Å². The van der Waals surface area contributed by atoms with Gasteiger partial charge in [0.25, 0.3) is 0 Å². The first-order valence-corrected chi connectivity index (χ1v) is 18.6. The third kappa shape index (κ3) is 5.78. The molecule has 11 heteroatoms. The molecule has 280 valence electrons. The van der Waals surface area contributed by atoms with Crippen LogP contribution < -0.4 is 14.4 Å². The molecule has 0 bridgehead atoms. The fraction of sp³-hybridized carbons (Fsp3) is 0.273. The summed E-state index contributed by atoms with van der Waals surface area (Å²) in [7, 11) is 2.88. The highest BCUT2D eigenvalue weighted by Gasteiger charge is 2.69. The smallest absolute Gasteiger partial charge is 0.246 e. The molecule has 0 unspecified atom stereocenters. The van der Waals surface area contributed by atoms with E-state index in [1.807, 2.05) is 48.6 Å². The van der Waals surface area contributed by atoms with Crippen LogP contribution in [0.15, 0.2) is 109 Å². The first-order valence-electron chi connectivity index (χ1n) is 18.2. The Balaban J connectivity index is 1.27. The molecule has 4 amide bonds. The van der Waals surface area contributed by atoms with Crippen LogP contribution in [0.25, 0.3) is 6.08 Å². The summed E-state index contributed by atoms with van der Waals surface area (Å²) in [5.41, 5.74) is 1.90. The number of amides is 4. The highest BCUT2D eigenvalue weighted by molar-refractivity contribution is 6.32. The van der Waals surface area contributed by atoms with Gasteiger partial charge in [0.05, 0.1) is 43.1 Å². The number of anilines is 1. The van der Waals surface area contributed by atoms with Gasteiger partial charge in [-0.25, -0.2) is 4.90 Å². The summed E-state index contributed by atoms with van der Waals surface area (Å²) in [6.45, 7) is 0.183. The van der Waals surface area contributed by atoms with E-state index >= 15 is 4.79 Å². The average molecular weight is 759 g/mol. The molecular formula is C44H39ClN2O8. The number of phenols is 2. The number of rotatable bonds is 9. The molecule has 6 atom stereocenters. The lowest BCUT2D eigenvalue weighted by molar-refractivity contribution is -0.140. The number of halogens is 1. The van der Waals surface area contributed by atoms with Gasteiger partial charge in [0.2, 0.25) is 29.4 Å². The van der Waals surface area contributed by atoms with Gasteiger partial charge in [-0.15, -0.1) is 0 Å². The third-order valence-electron chi connectivity index (χ3n) is 11.9. The van der Waals surface area contributed by atoms with Gasteiger partial charge in [-0.1, -0.05) is 83.9 Å². The topological polar surface area (TPSA) is 134 Å². The van der Waals surface area contributed by atoms with E-state index in [1.54, 1.807) is 60.7 Å². The van der Waals surface area contributed by atoms with Crippen molar-refractivity contribution in [2.24, 2.45) is 29.6 Å². The summed E-state index contributed by atoms with van der Waals surface area (Å²) in [5, 5.41) is 20.7. The largest absolute Gasteiger partial charge is 0.508 e. The quantitative estimate of drug-likeness (QED) is 0.142. The highest BCUT2D eigenvalue weighted by Crippen LogP contribution is 2.62. The fourth-order valence-corrected chi connectivity index (χ4v) is 9.58. The van der Waals surface area contributed by atoms with Gasteiger partial charge in [0, 0.05) is 17.5 Å². The number of aromatic hydroxyl groups is 2. The van der Waals surface area contributed by atoms with Crippen molar-refractivity contribution in [2.75, 3.05) is 25.7 Å². The molecule has 0 radical (unpaired) electrons. The van der Waals surface area contributed by atoms with Crippen LogP contribution in [0.3, 0.4) is 0 Å². The monoisotopic (exact) mass is 758 g/mol. The molecule has 0 aromatic heterocycles. The molecule has 55 heavy (non-hydrogen) atoms. The maximum atomic E-state index is 15.3. The van der Waals surface area contributed by atoms with Crippen molar-refractivity contribution in [3.63, 3.8) is 0 Å². The van der Waals surface area contributed by atoms with Crippen molar-refractivity contribution in [1.82, 2.24) is 4.90 Å². The van der Waals surface area contributed by atoms with Crippen molar-refractivity contribution in [3.8, 4) is 23.0 Å². The van der Waals surface area contributed by atoms with Crippen LogP contribution in [-0.2, 0) is 31.0 Å².